The highest BCUT2D eigenvalue weighted by atomic mass is 35.5. The van der Waals surface area contributed by atoms with E-state index < -0.39 is 17.5 Å². The predicted octanol–water partition coefficient (Wildman–Crippen LogP) is 6.97. The number of aromatic nitrogens is 2. The summed E-state index contributed by atoms with van der Waals surface area (Å²) in [5.74, 6) is -0.223. The van der Waals surface area contributed by atoms with Gasteiger partial charge in [-0.05, 0) is 54.6 Å². The van der Waals surface area contributed by atoms with Gasteiger partial charge in [-0.15, -0.1) is 0 Å². The van der Waals surface area contributed by atoms with Crippen LogP contribution in [0.2, 0.25) is 10.0 Å². The van der Waals surface area contributed by atoms with Gasteiger partial charge in [0.05, 0.1) is 34.6 Å². The fourth-order valence-electron chi connectivity index (χ4n) is 7.54. The van der Waals surface area contributed by atoms with Crippen LogP contribution in [0.4, 0.5) is 14.6 Å². The molecule has 47 heavy (non-hydrogen) atoms. The molecule has 12 heteroatoms. The molecule has 0 bridgehead atoms. The number of fused-ring (bicyclic) bond motifs is 3. The van der Waals surface area contributed by atoms with Gasteiger partial charge in [-0.25, -0.2) is 8.78 Å². The number of nitrogens with zero attached hydrogens (tertiary/aromatic N) is 6. The summed E-state index contributed by atoms with van der Waals surface area (Å²) in [6.45, 7) is 6.24. The number of nitriles is 1. The van der Waals surface area contributed by atoms with E-state index in [1.165, 1.54) is 12.1 Å². The molecule has 0 unspecified atom stereocenters. The molecule has 3 atom stereocenters. The van der Waals surface area contributed by atoms with Crippen molar-refractivity contribution in [1.82, 2.24) is 19.8 Å². The Balaban J connectivity index is 1.34. The first-order chi connectivity index (χ1) is 22.7. The zero-order valence-corrected chi connectivity index (χ0v) is 27.1. The molecule has 0 saturated carbocycles. The van der Waals surface area contributed by atoms with E-state index in [0.717, 1.165) is 24.8 Å². The normalized spacial score (nSPS) is 22.9. The highest BCUT2D eigenvalue weighted by molar-refractivity contribution is 6.38. The van der Waals surface area contributed by atoms with Crippen molar-refractivity contribution in [2.45, 2.75) is 43.4 Å². The first kappa shape index (κ1) is 31.6. The highest BCUT2D eigenvalue weighted by Gasteiger charge is 2.49. The smallest absolute Gasteiger partial charge is 0.319 e. The van der Waals surface area contributed by atoms with E-state index in [1.54, 1.807) is 17.0 Å². The van der Waals surface area contributed by atoms with Crippen molar-refractivity contribution in [1.29, 1.82) is 5.26 Å². The summed E-state index contributed by atoms with van der Waals surface area (Å²) in [5.41, 5.74) is 1.38. The number of amides is 1. The first-order valence-electron chi connectivity index (χ1n) is 15.7. The largest absolute Gasteiger partial charge is 0.461 e. The molecule has 3 aliphatic rings. The monoisotopic (exact) mass is 676 g/mol. The van der Waals surface area contributed by atoms with Crippen molar-refractivity contribution in [2.24, 2.45) is 0 Å². The van der Waals surface area contributed by atoms with Gasteiger partial charge in [0.15, 0.2) is 0 Å². The van der Waals surface area contributed by atoms with Gasteiger partial charge in [0.1, 0.15) is 24.4 Å². The zero-order valence-electron chi connectivity index (χ0n) is 25.6. The van der Waals surface area contributed by atoms with Crippen LogP contribution >= 0.6 is 23.2 Å². The van der Waals surface area contributed by atoms with Crippen molar-refractivity contribution >= 4 is 56.6 Å². The Kier molecular flexibility index (Phi) is 8.41. The first-order valence-corrected chi connectivity index (χ1v) is 16.4. The Hall–Kier alpha value is -4.04. The molecule has 1 amide bonds. The fraction of sp³-hybridized carbons (Fsp3) is 0.371. The van der Waals surface area contributed by atoms with E-state index in [-0.39, 0.29) is 36.0 Å². The third-order valence-corrected chi connectivity index (χ3v) is 10.4. The van der Waals surface area contributed by atoms with Gasteiger partial charge in [0.2, 0.25) is 5.91 Å². The number of alkyl halides is 1. The SMILES string of the molecule is C=CC(=O)N1CCN(c2nc(OC[C@@]34CCCN3C[C@H](F)C4)nc3cc(-c4cccc5ccc(F)c(Cl)c45)c(Cl)cc23)C[C@@H]1CC#N. The van der Waals surface area contributed by atoms with Gasteiger partial charge >= 0.3 is 6.01 Å². The van der Waals surface area contributed by atoms with Crippen LogP contribution in [0.25, 0.3) is 32.8 Å². The summed E-state index contributed by atoms with van der Waals surface area (Å²) in [5, 5.41) is 11.9. The number of halogens is 4. The molecule has 242 valence electrons. The second-order valence-electron chi connectivity index (χ2n) is 12.5. The van der Waals surface area contributed by atoms with Gasteiger partial charge in [-0.3, -0.25) is 9.69 Å². The molecule has 0 aliphatic carbocycles. The standard InChI is InChI=1S/C35H32Cl2F2N6O2/c1-2-30(46)45-14-13-43(19-23(45)9-11-40)33-26-15-27(36)25(24-6-3-5-21-7-8-28(39)32(37)31(21)24)16-29(26)41-34(42-33)47-20-35-10-4-12-44(35)18-22(38)17-35/h2-3,5-8,15-16,22-23H,1,4,9-10,12-14,17-20H2/t22-,23+,35+/m1/s1. The van der Waals surface area contributed by atoms with Crippen molar-refractivity contribution in [2.75, 3.05) is 44.2 Å². The summed E-state index contributed by atoms with van der Waals surface area (Å²) in [7, 11) is 0. The Morgan fingerprint density at radius 1 is 1.15 bits per heavy atom. The molecule has 4 aromatic rings. The highest BCUT2D eigenvalue weighted by Crippen LogP contribution is 2.43. The summed E-state index contributed by atoms with van der Waals surface area (Å²) < 4.78 is 35.5. The average molecular weight is 678 g/mol. The van der Waals surface area contributed by atoms with E-state index in [1.807, 2.05) is 29.2 Å². The Morgan fingerprint density at radius 3 is 2.81 bits per heavy atom. The van der Waals surface area contributed by atoms with Crippen LogP contribution in [0.3, 0.4) is 0 Å². The van der Waals surface area contributed by atoms with Crippen LogP contribution in [0, 0.1) is 17.1 Å². The number of anilines is 1. The Morgan fingerprint density at radius 2 is 2.00 bits per heavy atom. The van der Waals surface area contributed by atoms with Gasteiger partial charge in [-0.1, -0.05) is 54.0 Å². The minimum atomic E-state index is -0.902. The number of carbonyl (C=O) groups is 1. The lowest BCUT2D eigenvalue weighted by atomic mass is 9.95. The Labute approximate surface area is 281 Å². The van der Waals surface area contributed by atoms with Crippen LogP contribution in [0.1, 0.15) is 25.7 Å². The van der Waals surface area contributed by atoms with Gasteiger partial charge in [0, 0.05) is 54.0 Å². The summed E-state index contributed by atoms with van der Waals surface area (Å²) in [6, 6.07) is 14.1. The molecular weight excluding hydrogens is 645 g/mol. The minimum Gasteiger partial charge on any atom is -0.461 e. The zero-order chi connectivity index (χ0) is 32.9. The third kappa shape index (κ3) is 5.64. The van der Waals surface area contributed by atoms with Crippen LogP contribution in [-0.2, 0) is 4.79 Å². The van der Waals surface area contributed by atoms with E-state index in [2.05, 4.69) is 17.5 Å². The number of carbonyl (C=O) groups excluding carboxylic acids is 1. The number of rotatable bonds is 7. The fourth-order valence-corrected chi connectivity index (χ4v) is 8.08. The number of hydrogen-bond acceptors (Lipinski definition) is 7. The molecule has 7 rings (SSSR count). The molecule has 3 saturated heterocycles. The van der Waals surface area contributed by atoms with E-state index in [4.69, 9.17) is 37.9 Å². The maximum absolute atomic E-state index is 14.6. The maximum Gasteiger partial charge on any atom is 0.319 e. The van der Waals surface area contributed by atoms with Crippen molar-refractivity contribution in [3.05, 3.63) is 71.0 Å². The number of hydrogen-bond donors (Lipinski definition) is 0. The second kappa shape index (κ2) is 12.5. The second-order valence-corrected chi connectivity index (χ2v) is 13.3. The Bertz CT molecular complexity index is 1950. The molecule has 0 spiro atoms. The molecule has 0 N–H and O–H groups in total. The minimum absolute atomic E-state index is 0.000226. The molecule has 3 aromatic carbocycles. The van der Waals surface area contributed by atoms with Crippen LogP contribution in [-0.4, -0.2) is 82.8 Å². The molecular formula is C35H32Cl2F2N6O2. The average Bonchev–Trinajstić information content (AvgIpc) is 3.60. The number of benzene rings is 3. The summed E-state index contributed by atoms with van der Waals surface area (Å²) in [4.78, 5) is 28.1. The van der Waals surface area contributed by atoms with Crippen molar-refractivity contribution < 1.29 is 18.3 Å². The van der Waals surface area contributed by atoms with Crippen LogP contribution in [0.5, 0.6) is 6.01 Å². The molecule has 8 nitrogen and oxygen atoms in total. The van der Waals surface area contributed by atoms with Gasteiger partial charge < -0.3 is 14.5 Å². The lowest BCUT2D eigenvalue weighted by molar-refractivity contribution is -0.128. The molecule has 3 fully saturated rings. The van der Waals surface area contributed by atoms with Gasteiger partial charge in [0.25, 0.3) is 0 Å². The van der Waals surface area contributed by atoms with E-state index in [0.29, 0.717) is 70.9 Å². The number of piperazine rings is 1. The lowest BCUT2D eigenvalue weighted by Crippen LogP contribution is -2.55. The van der Waals surface area contributed by atoms with Crippen molar-refractivity contribution in [3.63, 3.8) is 0 Å². The van der Waals surface area contributed by atoms with Crippen LogP contribution < -0.4 is 9.64 Å². The maximum atomic E-state index is 14.6. The van der Waals surface area contributed by atoms with Gasteiger partial charge in [-0.2, -0.15) is 15.2 Å². The predicted molar refractivity (Wildman–Crippen MR) is 179 cm³/mol. The number of ether oxygens (including phenoxy) is 1. The van der Waals surface area contributed by atoms with E-state index in [9.17, 15) is 18.8 Å². The quantitative estimate of drug-likeness (QED) is 0.196. The molecule has 0 radical (unpaired) electrons. The topological polar surface area (TPSA) is 85.6 Å². The third-order valence-electron chi connectivity index (χ3n) is 9.77. The van der Waals surface area contributed by atoms with Crippen LogP contribution in [0.15, 0.2) is 55.1 Å². The molecule has 3 aliphatic heterocycles. The summed E-state index contributed by atoms with van der Waals surface area (Å²) in [6.07, 6.45) is 2.70. The van der Waals surface area contributed by atoms with Crippen molar-refractivity contribution in [3.8, 4) is 23.2 Å². The molecule has 1 aromatic heterocycles. The summed E-state index contributed by atoms with van der Waals surface area (Å²) >= 11 is 13.5. The molecule has 4 heterocycles. The van der Waals surface area contributed by atoms with E-state index >= 15 is 0 Å². The lowest BCUT2D eigenvalue weighted by Gasteiger charge is -2.41.